The third-order valence-corrected chi connectivity index (χ3v) is 6.91. The number of hydrogen-bond donors (Lipinski definition) is 1. The number of nitrogens with one attached hydrogen (secondary N) is 1. The van der Waals surface area contributed by atoms with Crippen LogP contribution in [-0.2, 0) is 27.0 Å². The molecule has 0 aliphatic carbocycles. The molecule has 0 spiro atoms. The lowest BCUT2D eigenvalue weighted by molar-refractivity contribution is -0.131. The summed E-state index contributed by atoms with van der Waals surface area (Å²) in [5.41, 5.74) is 1.06. The fraction of sp³-hybridized carbons (Fsp3) is 0.389. The summed E-state index contributed by atoms with van der Waals surface area (Å²) in [6.45, 7) is 1.19. The minimum atomic E-state index is -3.25. The average Bonchev–Trinajstić information content (AvgIpc) is 2.65. The van der Waals surface area contributed by atoms with Gasteiger partial charge in [0.2, 0.25) is 15.9 Å². The predicted molar refractivity (Wildman–Crippen MR) is 113 cm³/mol. The van der Waals surface area contributed by atoms with E-state index in [1.807, 2.05) is 18.2 Å². The Labute approximate surface area is 178 Å². The van der Waals surface area contributed by atoms with Crippen molar-refractivity contribution in [1.29, 1.82) is 0 Å². The lowest BCUT2D eigenvalue weighted by atomic mass is 10.2. The van der Waals surface area contributed by atoms with Crippen LogP contribution in [0.1, 0.15) is 11.3 Å². The maximum Gasteiger partial charge on any atom is 0.251 e. The third-order valence-electron chi connectivity index (χ3n) is 4.43. The fourth-order valence-electron chi connectivity index (χ4n) is 2.96. The molecule has 1 amide bonds. The second-order valence-corrected chi connectivity index (χ2v) is 10.1. The van der Waals surface area contributed by atoms with E-state index in [0.29, 0.717) is 34.7 Å². The number of carbonyl (C=O) groups excluding carboxylic acids is 1. The molecule has 29 heavy (non-hydrogen) atoms. The topological polar surface area (TPSA) is 103 Å². The zero-order valence-corrected chi connectivity index (χ0v) is 18.2. The molecule has 0 unspecified atom stereocenters. The molecule has 8 nitrogen and oxygen atoms in total. The molecule has 2 heterocycles. The number of halogens is 1. The fourth-order valence-corrected chi connectivity index (χ4v) is 4.83. The van der Waals surface area contributed by atoms with Gasteiger partial charge in [-0.15, -0.1) is 0 Å². The van der Waals surface area contributed by atoms with Gasteiger partial charge in [0.1, 0.15) is 0 Å². The van der Waals surface area contributed by atoms with Crippen molar-refractivity contribution in [3.63, 3.8) is 0 Å². The molecule has 1 N–H and O–H groups in total. The van der Waals surface area contributed by atoms with E-state index in [1.165, 1.54) is 22.1 Å². The van der Waals surface area contributed by atoms with Crippen LogP contribution in [0.15, 0.2) is 40.3 Å². The molecule has 1 saturated heterocycles. The molecule has 3 rings (SSSR count). The highest BCUT2D eigenvalue weighted by atomic mass is 35.5. The van der Waals surface area contributed by atoms with Crippen LogP contribution in [0, 0.1) is 0 Å². The molecular formula is C18H21ClN4O4S2. The lowest BCUT2D eigenvalue weighted by Gasteiger charge is -2.33. The van der Waals surface area contributed by atoms with Crippen molar-refractivity contribution < 1.29 is 13.2 Å². The summed E-state index contributed by atoms with van der Waals surface area (Å²) in [7, 11) is -3.25. The van der Waals surface area contributed by atoms with Crippen molar-refractivity contribution in [3.05, 3.63) is 57.0 Å². The lowest BCUT2D eigenvalue weighted by Crippen LogP contribution is -2.50. The third kappa shape index (κ3) is 6.30. The molecule has 2 aromatic rings. The average molecular weight is 457 g/mol. The van der Waals surface area contributed by atoms with Crippen LogP contribution in [0.5, 0.6) is 0 Å². The molecule has 1 aliphatic heterocycles. The van der Waals surface area contributed by atoms with Crippen molar-refractivity contribution in [3.8, 4) is 0 Å². The second-order valence-electron chi connectivity index (χ2n) is 6.68. The minimum absolute atomic E-state index is 0.00643. The largest absolute Gasteiger partial charge is 0.340 e. The maximum absolute atomic E-state index is 12.5. The summed E-state index contributed by atoms with van der Waals surface area (Å²) in [5, 5.41) is 1.07. The van der Waals surface area contributed by atoms with Gasteiger partial charge in [-0.3, -0.25) is 9.59 Å². The molecule has 0 saturated carbocycles. The van der Waals surface area contributed by atoms with Crippen molar-refractivity contribution in [1.82, 2.24) is 19.2 Å². The first-order valence-corrected chi connectivity index (χ1v) is 12.1. The number of amides is 1. The van der Waals surface area contributed by atoms with Gasteiger partial charge in [-0.25, -0.2) is 13.4 Å². The Morgan fingerprint density at radius 2 is 1.97 bits per heavy atom. The van der Waals surface area contributed by atoms with Crippen LogP contribution < -0.4 is 5.56 Å². The molecule has 1 fully saturated rings. The molecule has 0 bridgehead atoms. The van der Waals surface area contributed by atoms with E-state index >= 15 is 0 Å². The van der Waals surface area contributed by atoms with E-state index in [9.17, 15) is 18.0 Å². The van der Waals surface area contributed by atoms with Gasteiger partial charge in [0.05, 0.1) is 18.4 Å². The normalized spacial score (nSPS) is 15.4. The van der Waals surface area contributed by atoms with Crippen molar-refractivity contribution >= 4 is 39.3 Å². The Kier molecular flexibility index (Phi) is 6.99. The summed E-state index contributed by atoms with van der Waals surface area (Å²) in [6.07, 6.45) is 1.15. The zero-order chi connectivity index (χ0) is 21.0. The summed E-state index contributed by atoms with van der Waals surface area (Å²) in [5.74, 6) is 0.399. The number of aromatic amines is 1. The van der Waals surface area contributed by atoms with E-state index in [4.69, 9.17) is 11.6 Å². The molecule has 11 heteroatoms. The van der Waals surface area contributed by atoms with Crippen molar-refractivity contribution in [2.75, 3.05) is 32.4 Å². The molecule has 0 radical (unpaired) electrons. The van der Waals surface area contributed by atoms with Gasteiger partial charge in [0, 0.05) is 43.0 Å². The van der Waals surface area contributed by atoms with Crippen LogP contribution in [0.25, 0.3) is 0 Å². The Bertz CT molecular complexity index is 1050. The highest BCUT2D eigenvalue weighted by Crippen LogP contribution is 2.21. The summed E-state index contributed by atoms with van der Waals surface area (Å²) >= 11 is 7.33. The van der Waals surface area contributed by atoms with Crippen LogP contribution in [0.4, 0.5) is 0 Å². The number of hydrogen-bond acceptors (Lipinski definition) is 6. The number of thioether (sulfide) groups is 1. The second kappa shape index (κ2) is 9.29. The van der Waals surface area contributed by atoms with E-state index in [1.54, 1.807) is 11.0 Å². The van der Waals surface area contributed by atoms with Gasteiger partial charge >= 0.3 is 0 Å². The monoisotopic (exact) mass is 456 g/mol. The Hall–Kier alpha value is -1.88. The van der Waals surface area contributed by atoms with Crippen molar-refractivity contribution in [2.45, 2.75) is 17.3 Å². The van der Waals surface area contributed by atoms with E-state index in [-0.39, 0.29) is 31.0 Å². The van der Waals surface area contributed by atoms with Gasteiger partial charge in [-0.2, -0.15) is 4.31 Å². The summed E-state index contributed by atoms with van der Waals surface area (Å²) in [4.78, 5) is 33.2. The summed E-state index contributed by atoms with van der Waals surface area (Å²) in [6, 6.07) is 8.73. The van der Waals surface area contributed by atoms with E-state index < -0.39 is 10.0 Å². The van der Waals surface area contributed by atoms with Gasteiger partial charge in [0.15, 0.2) is 5.16 Å². The summed E-state index contributed by atoms with van der Waals surface area (Å²) < 4.78 is 24.5. The maximum atomic E-state index is 12.5. The Morgan fingerprint density at radius 3 is 2.62 bits per heavy atom. The standard InChI is InChI=1S/C18H21ClN4O4S2/c1-29(26,27)23-7-5-22(6-8-23)17(25)11-15-10-16(24)21-18(20-15)28-12-13-3-2-4-14(19)9-13/h2-4,9-10H,5-8,11-12H2,1H3,(H,20,21,24). The highest BCUT2D eigenvalue weighted by Gasteiger charge is 2.26. The number of rotatable bonds is 6. The molecule has 1 aliphatic rings. The SMILES string of the molecule is CS(=O)(=O)N1CCN(C(=O)Cc2cc(=O)[nH]c(SCc3cccc(Cl)c3)n2)CC1. The number of aromatic nitrogens is 2. The first kappa shape index (κ1) is 21.8. The Balaban J connectivity index is 1.61. The first-order chi connectivity index (χ1) is 13.7. The van der Waals surface area contributed by atoms with Gasteiger partial charge in [-0.05, 0) is 17.7 Å². The number of benzene rings is 1. The van der Waals surface area contributed by atoms with Gasteiger partial charge < -0.3 is 9.88 Å². The Morgan fingerprint density at radius 1 is 1.24 bits per heavy atom. The first-order valence-electron chi connectivity index (χ1n) is 8.91. The van der Waals surface area contributed by atoms with Crippen molar-refractivity contribution in [2.24, 2.45) is 0 Å². The van der Waals surface area contributed by atoms with E-state index in [2.05, 4.69) is 9.97 Å². The number of nitrogens with zero attached hydrogens (tertiary/aromatic N) is 3. The highest BCUT2D eigenvalue weighted by molar-refractivity contribution is 7.98. The zero-order valence-electron chi connectivity index (χ0n) is 15.8. The number of piperazine rings is 1. The van der Waals surface area contributed by atoms with Gasteiger partial charge in [-0.1, -0.05) is 35.5 Å². The number of carbonyl (C=O) groups is 1. The molecule has 1 aromatic carbocycles. The van der Waals surface area contributed by atoms with Gasteiger partial charge in [0.25, 0.3) is 5.56 Å². The molecule has 156 valence electrons. The van der Waals surface area contributed by atoms with Crippen LogP contribution in [-0.4, -0.2) is 65.9 Å². The quantitative estimate of drug-likeness (QED) is 0.520. The minimum Gasteiger partial charge on any atom is -0.340 e. The molecular weight excluding hydrogens is 436 g/mol. The van der Waals surface area contributed by atoms with Crippen LogP contribution in [0.2, 0.25) is 5.02 Å². The molecule has 0 atom stereocenters. The smallest absolute Gasteiger partial charge is 0.251 e. The van der Waals surface area contributed by atoms with Crippen LogP contribution in [0.3, 0.4) is 0 Å². The van der Waals surface area contributed by atoms with E-state index in [0.717, 1.165) is 11.8 Å². The molecule has 1 aromatic heterocycles. The number of H-pyrrole nitrogens is 1. The predicted octanol–water partition coefficient (Wildman–Crippen LogP) is 1.36. The number of sulfonamides is 1. The van der Waals surface area contributed by atoms with Crippen LogP contribution >= 0.6 is 23.4 Å².